The van der Waals surface area contributed by atoms with Crippen molar-refractivity contribution in [3.63, 3.8) is 0 Å². The van der Waals surface area contributed by atoms with Crippen LogP contribution >= 0.6 is 0 Å². The van der Waals surface area contributed by atoms with E-state index in [0.29, 0.717) is 17.5 Å². The summed E-state index contributed by atoms with van der Waals surface area (Å²) in [5.74, 6) is 0. The third kappa shape index (κ3) is 3.24. The van der Waals surface area contributed by atoms with Crippen LogP contribution in [0, 0.1) is 0 Å². The fourth-order valence-electron chi connectivity index (χ4n) is 1.30. The summed E-state index contributed by atoms with van der Waals surface area (Å²) in [6.45, 7) is 3.51. The van der Waals surface area contributed by atoms with Crippen LogP contribution in [0.4, 0.5) is 13.2 Å². The van der Waals surface area contributed by atoms with Crippen LogP contribution in [-0.4, -0.2) is 6.18 Å². The standard InChI is InChI=1S/C11H11F3/c1-2-5-9-6-3-4-7-10(9)8-11(12,13)14/h2-4,6-7H,1,5,8H2. The largest absolute Gasteiger partial charge is 0.393 e. The molecule has 1 aromatic rings. The molecule has 3 heteroatoms. The van der Waals surface area contributed by atoms with Crippen LogP contribution in [-0.2, 0) is 12.8 Å². The van der Waals surface area contributed by atoms with E-state index in [2.05, 4.69) is 6.58 Å². The predicted molar refractivity (Wildman–Crippen MR) is 50.1 cm³/mol. The van der Waals surface area contributed by atoms with Gasteiger partial charge in [0, 0.05) is 0 Å². The minimum absolute atomic E-state index is 0.333. The summed E-state index contributed by atoms with van der Waals surface area (Å²) < 4.78 is 36.4. The zero-order valence-corrected chi connectivity index (χ0v) is 7.64. The van der Waals surface area contributed by atoms with Gasteiger partial charge in [0.2, 0.25) is 0 Å². The lowest BCUT2D eigenvalue weighted by atomic mass is 10.0. The maximum Gasteiger partial charge on any atom is 0.393 e. The van der Waals surface area contributed by atoms with Crippen molar-refractivity contribution in [3.05, 3.63) is 48.0 Å². The molecule has 0 N–H and O–H groups in total. The van der Waals surface area contributed by atoms with Crippen molar-refractivity contribution >= 4 is 0 Å². The quantitative estimate of drug-likeness (QED) is 0.655. The monoisotopic (exact) mass is 200 g/mol. The number of rotatable bonds is 3. The molecule has 0 amide bonds. The van der Waals surface area contributed by atoms with E-state index in [0.717, 1.165) is 0 Å². The second-order valence-electron chi connectivity index (χ2n) is 3.05. The van der Waals surface area contributed by atoms with E-state index in [1.54, 1.807) is 24.3 Å². The van der Waals surface area contributed by atoms with Crippen molar-refractivity contribution in [2.75, 3.05) is 0 Å². The van der Waals surface area contributed by atoms with E-state index in [1.165, 1.54) is 6.07 Å². The number of hydrogen-bond donors (Lipinski definition) is 0. The SMILES string of the molecule is C=CCc1ccccc1CC(F)(F)F. The topological polar surface area (TPSA) is 0 Å². The lowest BCUT2D eigenvalue weighted by molar-refractivity contribution is -0.127. The number of allylic oxidation sites excluding steroid dienone is 1. The maximum atomic E-state index is 12.1. The molecule has 0 aliphatic heterocycles. The van der Waals surface area contributed by atoms with Crippen molar-refractivity contribution in [1.82, 2.24) is 0 Å². The lowest BCUT2D eigenvalue weighted by Gasteiger charge is -2.10. The summed E-state index contributed by atoms with van der Waals surface area (Å²) >= 11 is 0. The van der Waals surface area contributed by atoms with Crippen molar-refractivity contribution in [2.24, 2.45) is 0 Å². The van der Waals surface area contributed by atoms with Crippen LogP contribution in [0.15, 0.2) is 36.9 Å². The molecule has 14 heavy (non-hydrogen) atoms. The molecular weight excluding hydrogens is 189 g/mol. The molecule has 0 saturated carbocycles. The Morgan fingerprint density at radius 3 is 2.21 bits per heavy atom. The van der Waals surface area contributed by atoms with Gasteiger partial charge in [-0.2, -0.15) is 13.2 Å². The highest BCUT2D eigenvalue weighted by Crippen LogP contribution is 2.23. The first-order valence-corrected chi connectivity index (χ1v) is 4.27. The fraction of sp³-hybridized carbons (Fsp3) is 0.273. The van der Waals surface area contributed by atoms with Gasteiger partial charge in [-0.25, -0.2) is 0 Å². The summed E-state index contributed by atoms with van der Waals surface area (Å²) in [6, 6.07) is 6.56. The molecule has 0 heterocycles. The summed E-state index contributed by atoms with van der Waals surface area (Å²) in [5, 5.41) is 0. The first kappa shape index (κ1) is 10.8. The molecule has 1 aromatic carbocycles. The van der Waals surface area contributed by atoms with Gasteiger partial charge in [-0.05, 0) is 17.5 Å². The number of halogens is 3. The van der Waals surface area contributed by atoms with Gasteiger partial charge in [0.05, 0.1) is 6.42 Å². The highest BCUT2D eigenvalue weighted by atomic mass is 19.4. The first-order valence-electron chi connectivity index (χ1n) is 4.27. The molecule has 0 aliphatic carbocycles. The van der Waals surface area contributed by atoms with E-state index >= 15 is 0 Å². The van der Waals surface area contributed by atoms with Crippen molar-refractivity contribution in [1.29, 1.82) is 0 Å². The summed E-state index contributed by atoms with van der Waals surface area (Å²) in [7, 11) is 0. The number of hydrogen-bond acceptors (Lipinski definition) is 0. The molecule has 0 atom stereocenters. The minimum atomic E-state index is -4.14. The van der Waals surface area contributed by atoms with Crippen molar-refractivity contribution < 1.29 is 13.2 Å². The van der Waals surface area contributed by atoms with Gasteiger partial charge in [0.1, 0.15) is 0 Å². The Kier molecular flexibility index (Phi) is 3.33. The molecule has 0 unspecified atom stereocenters. The molecule has 1 rings (SSSR count). The summed E-state index contributed by atoms with van der Waals surface area (Å²) in [4.78, 5) is 0. The van der Waals surface area contributed by atoms with E-state index < -0.39 is 12.6 Å². The Balaban J connectivity index is 2.89. The molecule has 76 valence electrons. The maximum absolute atomic E-state index is 12.1. The van der Waals surface area contributed by atoms with Gasteiger partial charge in [0.15, 0.2) is 0 Å². The second kappa shape index (κ2) is 4.31. The Labute approximate surface area is 81.1 Å². The smallest absolute Gasteiger partial charge is 0.171 e. The normalized spacial score (nSPS) is 11.4. The molecular formula is C11H11F3. The third-order valence-corrected chi connectivity index (χ3v) is 1.87. The van der Waals surface area contributed by atoms with E-state index in [4.69, 9.17) is 0 Å². The van der Waals surface area contributed by atoms with E-state index in [-0.39, 0.29) is 0 Å². The summed E-state index contributed by atoms with van der Waals surface area (Å²) in [5.41, 5.74) is 1.03. The Bertz CT molecular complexity index is 313. The fourth-order valence-corrected chi connectivity index (χ4v) is 1.30. The van der Waals surface area contributed by atoms with Crippen LogP contribution in [0.3, 0.4) is 0 Å². The Morgan fingerprint density at radius 1 is 1.14 bits per heavy atom. The molecule has 0 aliphatic rings. The van der Waals surface area contributed by atoms with E-state index in [9.17, 15) is 13.2 Å². The van der Waals surface area contributed by atoms with Gasteiger partial charge in [-0.1, -0.05) is 30.3 Å². The molecule has 0 fully saturated rings. The highest BCUT2D eigenvalue weighted by molar-refractivity contribution is 5.29. The van der Waals surface area contributed by atoms with Crippen molar-refractivity contribution in [3.8, 4) is 0 Å². The first-order chi connectivity index (χ1) is 6.53. The molecule has 0 radical (unpaired) electrons. The van der Waals surface area contributed by atoms with Gasteiger partial charge < -0.3 is 0 Å². The average Bonchev–Trinajstić information content (AvgIpc) is 2.06. The number of alkyl halides is 3. The van der Waals surface area contributed by atoms with Crippen LogP contribution in [0.25, 0.3) is 0 Å². The Hall–Kier alpha value is -1.25. The average molecular weight is 200 g/mol. The molecule has 0 bridgehead atoms. The second-order valence-corrected chi connectivity index (χ2v) is 3.05. The summed E-state index contributed by atoms with van der Waals surface area (Å²) in [6.07, 6.45) is -2.92. The third-order valence-electron chi connectivity index (χ3n) is 1.87. The van der Waals surface area contributed by atoms with Gasteiger partial charge >= 0.3 is 6.18 Å². The van der Waals surface area contributed by atoms with Gasteiger partial charge in [0.25, 0.3) is 0 Å². The molecule has 0 nitrogen and oxygen atoms in total. The van der Waals surface area contributed by atoms with Gasteiger partial charge in [-0.3, -0.25) is 0 Å². The van der Waals surface area contributed by atoms with Crippen LogP contribution in [0.5, 0.6) is 0 Å². The minimum Gasteiger partial charge on any atom is -0.171 e. The number of benzene rings is 1. The van der Waals surface area contributed by atoms with Crippen molar-refractivity contribution in [2.45, 2.75) is 19.0 Å². The Morgan fingerprint density at radius 2 is 1.71 bits per heavy atom. The zero-order chi connectivity index (χ0) is 10.6. The van der Waals surface area contributed by atoms with E-state index in [1.807, 2.05) is 0 Å². The van der Waals surface area contributed by atoms with Gasteiger partial charge in [-0.15, -0.1) is 6.58 Å². The highest BCUT2D eigenvalue weighted by Gasteiger charge is 2.28. The van der Waals surface area contributed by atoms with Crippen LogP contribution < -0.4 is 0 Å². The predicted octanol–water partition coefficient (Wildman–Crippen LogP) is 3.52. The molecule has 0 aromatic heterocycles. The molecule has 0 saturated heterocycles. The van der Waals surface area contributed by atoms with Crippen LogP contribution in [0.1, 0.15) is 11.1 Å². The molecule has 0 spiro atoms. The zero-order valence-electron chi connectivity index (χ0n) is 7.64. The van der Waals surface area contributed by atoms with Crippen LogP contribution in [0.2, 0.25) is 0 Å². The lowest BCUT2D eigenvalue weighted by Crippen LogP contribution is -2.12.